The Hall–Kier alpha value is -2.54. The Morgan fingerprint density at radius 2 is 1.60 bits per heavy atom. The van der Waals surface area contributed by atoms with E-state index in [1.165, 1.54) is 6.42 Å². The lowest BCUT2D eigenvalue weighted by Crippen LogP contribution is -2.37. The molecule has 0 spiro atoms. The van der Waals surface area contributed by atoms with E-state index < -0.39 is 5.91 Å². The van der Waals surface area contributed by atoms with Crippen LogP contribution in [0.5, 0.6) is 0 Å². The molecule has 186 valence electrons. The molecule has 0 aliphatic heterocycles. The smallest absolute Gasteiger partial charge is 0.273 e. The van der Waals surface area contributed by atoms with Crippen molar-refractivity contribution in [2.45, 2.75) is 52.4 Å². The van der Waals surface area contributed by atoms with Crippen LogP contribution in [0.15, 0.2) is 42.5 Å². The number of halogens is 3. The second-order valence-corrected chi connectivity index (χ2v) is 9.56. The summed E-state index contributed by atoms with van der Waals surface area (Å²) in [6.07, 6.45) is 5.81. The molecule has 0 unspecified atom stereocenters. The van der Waals surface area contributed by atoms with Crippen LogP contribution in [0.2, 0.25) is 15.1 Å². The molecule has 0 atom stereocenters. The summed E-state index contributed by atoms with van der Waals surface area (Å²) in [4.78, 5) is 25.1. The Morgan fingerprint density at radius 1 is 0.914 bits per heavy atom. The molecule has 0 saturated carbocycles. The maximum absolute atomic E-state index is 13.0. The minimum Gasteiger partial charge on any atom is -0.339 e. The van der Waals surface area contributed by atoms with E-state index in [9.17, 15) is 9.59 Å². The molecule has 0 saturated heterocycles. The van der Waals surface area contributed by atoms with E-state index in [2.05, 4.69) is 22.7 Å². The van der Waals surface area contributed by atoms with Gasteiger partial charge < -0.3 is 10.6 Å². The molecule has 0 aliphatic rings. The second kappa shape index (κ2) is 13.0. The van der Waals surface area contributed by atoms with Gasteiger partial charge in [-0.2, -0.15) is 5.10 Å². The van der Waals surface area contributed by atoms with Crippen molar-refractivity contribution in [2.75, 3.05) is 6.67 Å². The highest BCUT2D eigenvalue weighted by Crippen LogP contribution is 2.33. The van der Waals surface area contributed by atoms with Gasteiger partial charge >= 0.3 is 0 Å². The minimum atomic E-state index is -0.398. The molecule has 35 heavy (non-hydrogen) atoms. The van der Waals surface area contributed by atoms with Crippen molar-refractivity contribution in [3.8, 4) is 16.9 Å². The normalized spacial score (nSPS) is 10.9. The van der Waals surface area contributed by atoms with Gasteiger partial charge in [-0.25, -0.2) is 4.68 Å². The fourth-order valence-corrected chi connectivity index (χ4v) is 4.38. The number of rotatable bonds is 11. The number of unbranched alkanes of at least 4 members (excludes halogenated alkanes) is 4. The number of aromatic nitrogens is 2. The average Bonchev–Trinajstić information content (AvgIpc) is 3.16. The summed E-state index contributed by atoms with van der Waals surface area (Å²) in [5.74, 6) is -0.483. The zero-order valence-electron chi connectivity index (χ0n) is 19.8. The lowest BCUT2D eigenvalue weighted by molar-refractivity contribution is -0.121. The second-order valence-electron chi connectivity index (χ2n) is 8.28. The van der Waals surface area contributed by atoms with Crippen LogP contribution in [0.4, 0.5) is 0 Å². The summed E-state index contributed by atoms with van der Waals surface area (Å²) in [7, 11) is 0. The first kappa shape index (κ1) is 27.1. The Balaban J connectivity index is 1.78. The maximum atomic E-state index is 13.0. The van der Waals surface area contributed by atoms with Crippen LogP contribution in [0.3, 0.4) is 0 Å². The zero-order valence-corrected chi connectivity index (χ0v) is 22.1. The summed E-state index contributed by atoms with van der Waals surface area (Å²) in [5, 5.41) is 11.5. The Kier molecular flexibility index (Phi) is 10.0. The van der Waals surface area contributed by atoms with Crippen molar-refractivity contribution in [3.05, 3.63) is 68.8 Å². The topological polar surface area (TPSA) is 76.0 Å². The summed E-state index contributed by atoms with van der Waals surface area (Å²) < 4.78 is 1.63. The first-order valence-corrected chi connectivity index (χ1v) is 12.8. The van der Waals surface area contributed by atoms with Crippen LogP contribution in [-0.4, -0.2) is 28.3 Å². The lowest BCUT2D eigenvalue weighted by atomic mass is 10.1. The summed E-state index contributed by atoms with van der Waals surface area (Å²) in [5.41, 5.74) is 3.00. The fraction of sp³-hybridized carbons (Fsp3) is 0.346. The number of hydrogen-bond donors (Lipinski definition) is 2. The quantitative estimate of drug-likeness (QED) is 0.206. The van der Waals surface area contributed by atoms with Crippen molar-refractivity contribution >= 4 is 46.6 Å². The predicted molar refractivity (Wildman–Crippen MR) is 143 cm³/mol. The number of amides is 2. The highest BCUT2D eigenvalue weighted by atomic mass is 35.5. The van der Waals surface area contributed by atoms with Gasteiger partial charge in [0.25, 0.3) is 5.91 Å². The van der Waals surface area contributed by atoms with Crippen LogP contribution >= 0.6 is 34.8 Å². The molecule has 6 nitrogen and oxygen atoms in total. The molecule has 3 aromatic rings. The lowest BCUT2D eigenvalue weighted by Gasteiger charge is -2.11. The van der Waals surface area contributed by atoms with E-state index in [4.69, 9.17) is 34.8 Å². The molecular weight excluding hydrogens is 507 g/mol. The van der Waals surface area contributed by atoms with E-state index in [1.807, 2.05) is 19.1 Å². The SMILES string of the molecule is CCCCCCCC(=O)NCNC(=O)c1nn(-c2ccc(Cl)cc2Cl)c(-c2ccc(Cl)cc2)c1C. The molecule has 3 rings (SSSR count). The van der Waals surface area contributed by atoms with Crippen molar-refractivity contribution in [1.29, 1.82) is 0 Å². The molecule has 0 fully saturated rings. The van der Waals surface area contributed by atoms with Crippen LogP contribution in [0.1, 0.15) is 61.5 Å². The van der Waals surface area contributed by atoms with Gasteiger partial charge in [0.15, 0.2) is 5.69 Å². The third-order valence-corrected chi connectivity index (χ3v) is 6.42. The highest BCUT2D eigenvalue weighted by Gasteiger charge is 2.23. The molecule has 0 bridgehead atoms. The minimum absolute atomic E-state index is 0.0247. The third-order valence-electron chi connectivity index (χ3n) is 5.63. The summed E-state index contributed by atoms with van der Waals surface area (Å²) in [6.45, 7) is 4.00. The number of hydrogen-bond acceptors (Lipinski definition) is 3. The molecule has 9 heteroatoms. The molecule has 0 radical (unpaired) electrons. The first-order chi connectivity index (χ1) is 16.8. The highest BCUT2D eigenvalue weighted by molar-refractivity contribution is 6.35. The number of carbonyl (C=O) groups excluding carboxylic acids is 2. The van der Waals surface area contributed by atoms with Crippen LogP contribution < -0.4 is 10.6 Å². The molecule has 0 aliphatic carbocycles. The Morgan fingerprint density at radius 3 is 2.29 bits per heavy atom. The van der Waals surface area contributed by atoms with Gasteiger partial charge in [-0.15, -0.1) is 0 Å². The Labute approximate surface area is 220 Å². The van der Waals surface area contributed by atoms with Crippen LogP contribution in [0, 0.1) is 6.92 Å². The molecule has 2 N–H and O–H groups in total. The standard InChI is InChI=1S/C26H29Cl3N4O2/c1-3-4-5-6-7-8-23(34)30-16-31-26(35)24-17(2)25(18-9-11-19(27)12-10-18)33(32-24)22-14-13-20(28)15-21(22)29/h9-15H,3-8,16H2,1-2H3,(H,30,34)(H,31,35). The van der Waals surface area contributed by atoms with Gasteiger partial charge in [0.1, 0.15) is 0 Å². The van der Waals surface area contributed by atoms with Gasteiger partial charge in [0.2, 0.25) is 5.91 Å². The van der Waals surface area contributed by atoms with Gasteiger partial charge in [-0.05, 0) is 43.7 Å². The number of nitrogens with zero attached hydrogens (tertiary/aromatic N) is 2. The van der Waals surface area contributed by atoms with Crippen molar-refractivity contribution in [3.63, 3.8) is 0 Å². The molecule has 1 heterocycles. The van der Waals surface area contributed by atoms with Crippen LogP contribution in [-0.2, 0) is 4.79 Å². The first-order valence-electron chi connectivity index (χ1n) is 11.7. The number of benzene rings is 2. The van der Waals surface area contributed by atoms with Gasteiger partial charge in [0, 0.05) is 27.6 Å². The zero-order chi connectivity index (χ0) is 25.4. The van der Waals surface area contributed by atoms with E-state index >= 15 is 0 Å². The largest absolute Gasteiger partial charge is 0.339 e. The number of carbonyl (C=O) groups is 2. The van der Waals surface area contributed by atoms with Gasteiger partial charge in [-0.1, -0.05) is 79.5 Å². The molecule has 2 amide bonds. The van der Waals surface area contributed by atoms with E-state index in [1.54, 1.807) is 35.0 Å². The fourth-order valence-electron chi connectivity index (χ4n) is 3.77. The molecular formula is C26H29Cl3N4O2. The van der Waals surface area contributed by atoms with Crippen molar-refractivity contribution < 1.29 is 9.59 Å². The van der Waals surface area contributed by atoms with Gasteiger partial charge in [0.05, 0.1) is 23.1 Å². The average molecular weight is 536 g/mol. The number of nitrogens with one attached hydrogen (secondary N) is 2. The summed E-state index contributed by atoms with van der Waals surface area (Å²) >= 11 is 18.6. The predicted octanol–water partition coefficient (Wildman–Crippen LogP) is 6.97. The van der Waals surface area contributed by atoms with Crippen LogP contribution in [0.25, 0.3) is 16.9 Å². The monoisotopic (exact) mass is 534 g/mol. The van der Waals surface area contributed by atoms with E-state index in [0.29, 0.717) is 38.4 Å². The van der Waals surface area contributed by atoms with E-state index in [0.717, 1.165) is 31.2 Å². The third kappa shape index (κ3) is 7.23. The van der Waals surface area contributed by atoms with Crippen molar-refractivity contribution in [2.24, 2.45) is 0 Å². The summed E-state index contributed by atoms with van der Waals surface area (Å²) in [6, 6.07) is 12.3. The maximum Gasteiger partial charge on any atom is 0.273 e. The molecule has 2 aromatic carbocycles. The molecule has 1 aromatic heterocycles. The Bertz CT molecular complexity index is 1180. The van der Waals surface area contributed by atoms with Gasteiger partial charge in [-0.3, -0.25) is 9.59 Å². The van der Waals surface area contributed by atoms with E-state index in [-0.39, 0.29) is 18.3 Å². The van der Waals surface area contributed by atoms with Crippen molar-refractivity contribution in [1.82, 2.24) is 20.4 Å².